The Bertz CT molecular complexity index is 756. The van der Waals surface area contributed by atoms with Gasteiger partial charge in [0, 0.05) is 5.69 Å². The van der Waals surface area contributed by atoms with Gasteiger partial charge in [-0.15, -0.1) is 0 Å². The number of anilines is 1. The van der Waals surface area contributed by atoms with E-state index < -0.39 is 17.6 Å². The van der Waals surface area contributed by atoms with Gasteiger partial charge in [0.1, 0.15) is 11.6 Å². The molecule has 0 bridgehead atoms. The molecule has 0 saturated carbocycles. The van der Waals surface area contributed by atoms with E-state index in [1.807, 2.05) is 13.8 Å². The predicted octanol–water partition coefficient (Wildman–Crippen LogP) is 2.70. The van der Waals surface area contributed by atoms with Crippen molar-refractivity contribution in [2.75, 3.05) is 5.32 Å². The standard InChI is InChI=1S/C18H18FN3O3/c1-12(2)25-16-9-3-13(4-10-16)11-20-22-18(24)17(23)21-15-7-5-14(19)6-8-15/h3-12H,1-2H3,(H,21,23)(H,22,24)/b20-11-. The van der Waals surface area contributed by atoms with E-state index >= 15 is 0 Å². The lowest BCUT2D eigenvalue weighted by molar-refractivity contribution is -0.136. The highest BCUT2D eigenvalue weighted by Crippen LogP contribution is 2.12. The minimum absolute atomic E-state index is 0.0819. The molecule has 0 aromatic heterocycles. The first-order valence-corrected chi connectivity index (χ1v) is 7.60. The lowest BCUT2D eigenvalue weighted by Crippen LogP contribution is -2.32. The number of benzene rings is 2. The minimum Gasteiger partial charge on any atom is -0.491 e. The monoisotopic (exact) mass is 343 g/mol. The van der Waals surface area contributed by atoms with E-state index in [2.05, 4.69) is 15.8 Å². The molecule has 6 nitrogen and oxygen atoms in total. The molecule has 0 saturated heterocycles. The van der Waals surface area contributed by atoms with Crippen LogP contribution in [-0.2, 0) is 9.59 Å². The molecule has 130 valence electrons. The van der Waals surface area contributed by atoms with Crippen molar-refractivity contribution in [2.24, 2.45) is 5.10 Å². The third-order valence-corrected chi connectivity index (χ3v) is 2.94. The summed E-state index contributed by atoms with van der Waals surface area (Å²) in [5, 5.41) is 6.06. The Morgan fingerprint density at radius 1 is 1.04 bits per heavy atom. The molecule has 0 aliphatic heterocycles. The zero-order valence-corrected chi connectivity index (χ0v) is 13.8. The molecule has 0 unspecified atom stereocenters. The Kier molecular flexibility index (Phi) is 6.22. The number of hydrogen-bond acceptors (Lipinski definition) is 4. The first-order chi connectivity index (χ1) is 11.9. The number of amides is 2. The van der Waals surface area contributed by atoms with E-state index in [0.717, 1.165) is 11.3 Å². The van der Waals surface area contributed by atoms with Crippen LogP contribution in [0.15, 0.2) is 53.6 Å². The van der Waals surface area contributed by atoms with E-state index in [4.69, 9.17) is 4.74 Å². The van der Waals surface area contributed by atoms with E-state index in [-0.39, 0.29) is 6.10 Å². The molecule has 2 rings (SSSR count). The van der Waals surface area contributed by atoms with Crippen LogP contribution in [0.3, 0.4) is 0 Å². The number of carbonyl (C=O) groups excluding carboxylic acids is 2. The third kappa shape index (κ3) is 6.06. The molecule has 0 radical (unpaired) electrons. The quantitative estimate of drug-likeness (QED) is 0.498. The van der Waals surface area contributed by atoms with Gasteiger partial charge in [0.2, 0.25) is 0 Å². The molecule has 2 aromatic rings. The van der Waals surface area contributed by atoms with Crippen molar-refractivity contribution in [3.05, 3.63) is 59.9 Å². The Labute approximate surface area is 144 Å². The summed E-state index contributed by atoms with van der Waals surface area (Å²) in [5.74, 6) is -1.53. The summed E-state index contributed by atoms with van der Waals surface area (Å²) < 4.78 is 18.3. The molecule has 0 aliphatic carbocycles. The fraction of sp³-hybridized carbons (Fsp3) is 0.167. The average molecular weight is 343 g/mol. The first kappa shape index (κ1) is 18.1. The highest BCUT2D eigenvalue weighted by Gasteiger charge is 2.12. The SMILES string of the molecule is CC(C)Oc1ccc(/C=N\NC(=O)C(=O)Nc2ccc(F)cc2)cc1. The molecule has 7 heteroatoms. The van der Waals surface area contributed by atoms with Crippen molar-refractivity contribution in [3.63, 3.8) is 0 Å². The van der Waals surface area contributed by atoms with Crippen LogP contribution >= 0.6 is 0 Å². The van der Waals surface area contributed by atoms with Crippen molar-refractivity contribution in [2.45, 2.75) is 20.0 Å². The minimum atomic E-state index is -0.930. The van der Waals surface area contributed by atoms with Crippen LogP contribution in [0.4, 0.5) is 10.1 Å². The molecule has 0 spiro atoms. The maximum Gasteiger partial charge on any atom is 0.329 e. The molecule has 2 N–H and O–H groups in total. The van der Waals surface area contributed by atoms with E-state index in [9.17, 15) is 14.0 Å². The summed E-state index contributed by atoms with van der Waals surface area (Å²) >= 11 is 0. The maximum atomic E-state index is 12.8. The summed E-state index contributed by atoms with van der Waals surface area (Å²) in [6.07, 6.45) is 1.49. The van der Waals surface area contributed by atoms with Gasteiger partial charge in [-0.25, -0.2) is 9.82 Å². The number of halogens is 1. The zero-order valence-electron chi connectivity index (χ0n) is 13.8. The second kappa shape index (κ2) is 8.58. The van der Waals surface area contributed by atoms with Gasteiger partial charge in [0.05, 0.1) is 12.3 Å². The van der Waals surface area contributed by atoms with Crippen LogP contribution < -0.4 is 15.5 Å². The molecule has 2 aromatic carbocycles. The fourth-order valence-corrected chi connectivity index (χ4v) is 1.84. The molecule has 25 heavy (non-hydrogen) atoms. The average Bonchev–Trinajstić information content (AvgIpc) is 2.58. The summed E-state index contributed by atoms with van der Waals surface area (Å²) in [4.78, 5) is 23.3. The van der Waals surface area contributed by atoms with Crippen LogP contribution in [-0.4, -0.2) is 24.1 Å². The Morgan fingerprint density at radius 2 is 1.68 bits per heavy atom. The second-order valence-corrected chi connectivity index (χ2v) is 5.40. The number of carbonyl (C=O) groups is 2. The summed E-state index contributed by atoms with van der Waals surface area (Å²) in [6, 6.07) is 12.2. The largest absolute Gasteiger partial charge is 0.491 e. The topological polar surface area (TPSA) is 79.8 Å². The predicted molar refractivity (Wildman–Crippen MR) is 93.0 cm³/mol. The van der Waals surface area contributed by atoms with Crippen LogP contribution in [0.5, 0.6) is 5.75 Å². The summed E-state index contributed by atoms with van der Waals surface area (Å²) in [5.41, 5.74) is 3.17. The van der Waals surface area contributed by atoms with Gasteiger partial charge in [-0.3, -0.25) is 9.59 Å². The number of ether oxygens (including phenoxy) is 1. The smallest absolute Gasteiger partial charge is 0.329 e. The maximum absolute atomic E-state index is 12.8. The molecule has 0 heterocycles. The van der Waals surface area contributed by atoms with Crippen molar-refractivity contribution >= 4 is 23.7 Å². The summed E-state index contributed by atoms with van der Waals surface area (Å²) in [6.45, 7) is 3.86. The van der Waals surface area contributed by atoms with Crippen molar-refractivity contribution in [3.8, 4) is 5.75 Å². The van der Waals surface area contributed by atoms with Crippen LogP contribution in [0.1, 0.15) is 19.4 Å². The Morgan fingerprint density at radius 3 is 2.28 bits per heavy atom. The number of nitrogens with one attached hydrogen (secondary N) is 2. The molecule has 0 fully saturated rings. The highest BCUT2D eigenvalue weighted by atomic mass is 19.1. The summed E-state index contributed by atoms with van der Waals surface area (Å²) in [7, 11) is 0. The van der Waals surface area contributed by atoms with E-state index in [0.29, 0.717) is 5.69 Å². The first-order valence-electron chi connectivity index (χ1n) is 7.60. The molecule has 0 atom stereocenters. The van der Waals surface area contributed by atoms with Crippen molar-refractivity contribution in [1.29, 1.82) is 0 Å². The molecule has 0 aliphatic rings. The zero-order chi connectivity index (χ0) is 18.2. The van der Waals surface area contributed by atoms with Crippen molar-refractivity contribution < 1.29 is 18.7 Å². The Hall–Kier alpha value is -3.22. The normalized spacial score (nSPS) is 10.7. The van der Waals surface area contributed by atoms with Gasteiger partial charge < -0.3 is 10.1 Å². The second-order valence-electron chi connectivity index (χ2n) is 5.40. The van der Waals surface area contributed by atoms with Gasteiger partial charge in [-0.05, 0) is 67.9 Å². The van der Waals surface area contributed by atoms with Crippen LogP contribution in [0, 0.1) is 5.82 Å². The van der Waals surface area contributed by atoms with Gasteiger partial charge in [-0.1, -0.05) is 0 Å². The van der Waals surface area contributed by atoms with Crippen LogP contribution in [0.2, 0.25) is 0 Å². The number of rotatable bonds is 5. The number of hydrazone groups is 1. The highest BCUT2D eigenvalue weighted by molar-refractivity contribution is 6.39. The van der Waals surface area contributed by atoms with E-state index in [1.54, 1.807) is 24.3 Å². The van der Waals surface area contributed by atoms with E-state index in [1.165, 1.54) is 30.5 Å². The van der Waals surface area contributed by atoms with Crippen molar-refractivity contribution in [1.82, 2.24) is 5.43 Å². The lowest BCUT2D eigenvalue weighted by atomic mass is 10.2. The molecule has 2 amide bonds. The fourth-order valence-electron chi connectivity index (χ4n) is 1.84. The number of hydrogen-bond donors (Lipinski definition) is 2. The van der Waals surface area contributed by atoms with Crippen LogP contribution in [0.25, 0.3) is 0 Å². The van der Waals surface area contributed by atoms with Gasteiger partial charge >= 0.3 is 11.8 Å². The van der Waals surface area contributed by atoms with Gasteiger partial charge in [0.15, 0.2) is 0 Å². The third-order valence-electron chi connectivity index (χ3n) is 2.94. The number of nitrogens with zero attached hydrogens (tertiary/aromatic N) is 1. The molecular formula is C18H18FN3O3. The Balaban J connectivity index is 1.84. The van der Waals surface area contributed by atoms with Gasteiger partial charge in [0.25, 0.3) is 0 Å². The molecular weight excluding hydrogens is 325 g/mol. The lowest BCUT2D eigenvalue weighted by Gasteiger charge is -2.09. The van der Waals surface area contributed by atoms with Gasteiger partial charge in [-0.2, -0.15) is 5.10 Å².